The summed E-state index contributed by atoms with van der Waals surface area (Å²) in [5, 5.41) is 7.12. The lowest BCUT2D eigenvalue weighted by Gasteiger charge is -2.25. The smallest absolute Gasteiger partial charge is 0.325 e. The van der Waals surface area contributed by atoms with Crippen molar-refractivity contribution in [2.45, 2.75) is 18.9 Å². The molecular formula is C21H21FN4O5. The first-order chi connectivity index (χ1) is 14.8. The van der Waals surface area contributed by atoms with Gasteiger partial charge in [-0.3, -0.25) is 19.8 Å². The molecule has 0 aliphatic carbocycles. The number of ether oxygens (including phenoxy) is 1. The summed E-state index contributed by atoms with van der Waals surface area (Å²) in [5.41, 5.74) is -0.589. The maximum atomic E-state index is 13.3. The van der Waals surface area contributed by atoms with E-state index in [9.17, 15) is 23.6 Å². The summed E-state index contributed by atoms with van der Waals surface area (Å²) in [4.78, 5) is 50.4. The van der Waals surface area contributed by atoms with E-state index in [1.165, 1.54) is 31.4 Å². The molecule has 0 radical (unpaired) electrons. The number of nitrogens with one attached hydrogen (secondary N) is 3. The molecule has 1 aliphatic rings. The van der Waals surface area contributed by atoms with Gasteiger partial charge in [-0.25, -0.2) is 14.0 Å². The largest absolute Gasteiger partial charge is 0.497 e. The molecule has 1 saturated heterocycles. The molecule has 1 heterocycles. The molecule has 2 aromatic rings. The van der Waals surface area contributed by atoms with Gasteiger partial charge in [-0.05, 0) is 48.4 Å². The predicted molar refractivity (Wildman–Crippen MR) is 109 cm³/mol. The fourth-order valence-electron chi connectivity index (χ4n) is 3.29. The van der Waals surface area contributed by atoms with E-state index in [1.807, 2.05) is 0 Å². The first-order valence-electron chi connectivity index (χ1n) is 9.44. The van der Waals surface area contributed by atoms with Crippen LogP contribution < -0.4 is 20.7 Å². The van der Waals surface area contributed by atoms with Crippen molar-refractivity contribution in [2.75, 3.05) is 19.0 Å². The highest BCUT2D eigenvalue weighted by Crippen LogP contribution is 2.32. The normalized spacial score (nSPS) is 17.8. The van der Waals surface area contributed by atoms with E-state index in [0.717, 1.165) is 4.90 Å². The van der Waals surface area contributed by atoms with Crippen LogP contribution in [0, 0.1) is 5.82 Å². The standard InChI is InChI=1S/C21H21FN4O5/c1-3-21(13-4-6-14(22)7-5-13)18(28)26(20(30)25-21)12-17(27)24-19(29)23-15-8-10-16(31-2)11-9-15/h4-11H,3,12H2,1-2H3,(H,25,30)(H2,23,24,27,29). The van der Waals surface area contributed by atoms with Crippen LogP contribution in [0.3, 0.4) is 0 Å². The van der Waals surface area contributed by atoms with Gasteiger partial charge in [-0.1, -0.05) is 19.1 Å². The number of anilines is 1. The van der Waals surface area contributed by atoms with Crippen LogP contribution >= 0.6 is 0 Å². The molecule has 0 spiro atoms. The molecule has 1 unspecified atom stereocenters. The predicted octanol–water partition coefficient (Wildman–Crippen LogP) is 2.34. The average Bonchev–Trinajstić information content (AvgIpc) is 2.99. The number of methoxy groups -OCH3 is 1. The van der Waals surface area contributed by atoms with E-state index in [1.54, 1.807) is 31.2 Å². The van der Waals surface area contributed by atoms with Gasteiger partial charge >= 0.3 is 12.1 Å². The van der Waals surface area contributed by atoms with E-state index in [2.05, 4.69) is 16.0 Å². The fraction of sp³-hybridized carbons (Fsp3) is 0.238. The maximum absolute atomic E-state index is 13.3. The van der Waals surface area contributed by atoms with Crippen molar-refractivity contribution in [3.05, 3.63) is 59.9 Å². The highest BCUT2D eigenvalue weighted by molar-refractivity contribution is 6.11. The summed E-state index contributed by atoms with van der Waals surface area (Å²) in [5.74, 6) is -1.38. The number of benzene rings is 2. The van der Waals surface area contributed by atoms with Crippen LogP contribution in [-0.4, -0.2) is 42.4 Å². The topological polar surface area (TPSA) is 117 Å². The number of nitrogens with zero attached hydrogens (tertiary/aromatic N) is 1. The lowest BCUT2D eigenvalue weighted by Crippen LogP contribution is -2.46. The van der Waals surface area contributed by atoms with Crippen molar-refractivity contribution < 1.29 is 28.3 Å². The third kappa shape index (κ3) is 4.47. The molecule has 0 saturated carbocycles. The van der Waals surface area contributed by atoms with Gasteiger partial charge in [0.2, 0.25) is 5.91 Å². The fourth-order valence-corrected chi connectivity index (χ4v) is 3.29. The van der Waals surface area contributed by atoms with Gasteiger partial charge < -0.3 is 15.4 Å². The number of amides is 6. The van der Waals surface area contributed by atoms with Gasteiger partial charge in [0.25, 0.3) is 5.91 Å². The van der Waals surface area contributed by atoms with Crippen molar-refractivity contribution in [1.82, 2.24) is 15.5 Å². The Bertz CT molecular complexity index is 1010. The minimum absolute atomic E-state index is 0.194. The van der Waals surface area contributed by atoms with Gasteiger partial charge in [0.15, 0.2) is 0 Å². The zero-order valence-electron chi connectivity index (χ0n) is 16.9. The van der Waals surface area contributed by atoms with Crippen LogP contribution in [0.4, 0.5) is 19.7 Å². The molecule has 162 valence electrons. The summed E-state index contributed by atoms with van der Waals surface area (Å²) in [7, 11) is 1.51. The van der Waals surface area contributed by atoms with E-state index in [-0.39, 0.29) is 6.42 Å². The molecule has 0 aromatic heterocycles. The van der Waals surface area contributed by atoms with E-state index >= 15 is 0 Å². The molecule has 10 heteroatoms. The molecule has 1 fully saturated rings. The number of carbonyl (C=O) groups excluding carboxylic acids is 4. The summed E-state index contributed by atoms with van der Waals surface area (Å²) >= 11 is 0. The molecule has 1 atom stereocenters. The van der Waals surface area contributed by atoms with Gasteiger partial charge in [0.05, 0.1) is 7.11 Å². The number of rotatable bonds is 6. The minimum atomic E-state index is -1.41. The van der Waals surface area contributed by atoms with Gasteiger partial charge in [-0.2, -0.15) is 0 Å². The zero-order valence-corrected chi connectivity index (χ0v) is 16.9. The molecule has 3 N–H and O–H groups in total. The number of hydrogen-bond acceptors (Lipinski definition) is 5. The van der Waals surface area contributed by atoms with Crippen molar-refractivity contribution in [2.24, 2.45) is 0 Å². The third-order valence-electron chi connectivity index (χ3n) is 4.95. The van der Waals surface area contributed by atoms with Crippen molar-refractivity contribution in [3.8, 4) is 5.75 Å². The minimum Gasteiger partial charge on any atom is -0.497 e. The molecule has 9 nitrogen and oxygen atoms in total. The summed E-state index contributed by atoms with van der Waals surface area (Å²) < 4.78 is 18.3. The number of imide groups is 2. The van der Waals surface area contributed by atoms with Crippen molar-refractivity contribution in [3.63, 3.8) is 0 Å². The van der Waals surface area contributed by atoms with Crippen LogP contribution in [0.25, 0.3) is 0 Å². The second-order valence-electron chi connectivity index (χ2n) is 6.82. The Labute approximate surface area is 177 Å². The number of urea groups is 2. The summed E-state index contributed by atoms with van der Waals surface area (Å²) in [6.45, 7) is 1.04. The van der Waals surface area contributed by atoms with Gasteiger partial charge in [-0.15, -0.1) is 0 Å². The third-order valence-corrected chi connectivity index (χ3v) is 4.95. The number of halogens is 1. The first kappa shape index (κ1) is 21.8. The monoisotopic (exact) mass is 428 g/mol. The molecule has 2 aromatic carbocycles. The second kappa shape index (κ2) is 8.82. The van der Waals surface area contributed by atoms with Crippen LogP contribution in [-0.2, 0) is 15.1 Å². The van der Waals surface area contributed by atoms with E-state index in [4.69, 9.17) is 4.74 Å². The van der Waals surface area contributed by atoms with Crippen LogP contribution in [0.2, 0.25) is 0 Å². The van der Waals surface area contributed by atoms with Crippen LogP contribution in [0.1, 0.15) is 18.9 Å². The lowest BCUT2D eigenvalue weighted by atomic mass is 9.87. The first-order valence-corrected chi connectivity index (χ1v) is 9.44. The highest BCUT2D eigenvalue weighted by Gasteiger charge is 2.51. The molecule has 6 amide bonds. The van der Waals surface area contributed by atoms with Gasteiger partial charge in [0, 0.05) is 5.69 Å². The Morgan fingerprint density at radius 3 is 2.32 bits per heavy atom. The molecule has 3 rings (SSSR count). The van der Waals surface area contributed by atoms with Crippen molar-refractivity contribution >= 4 is 29.6 Å². The second-order valence-corrected chi connectivity index (χ2v) is 6.82. The van der Waals surface area contributed by atoms with Gasteiger partial charge in [0.1, 0.15) is 23.7 Å². The lowest BCUT2D eigenvalue weighted by molar-refractivity contribution is -0.135. The average molecular weight is 428 g/mol. The Hall–Kier alpha value is -3.95. The van der Waals surface area contributed by atoms with E-state index < -0.39 is 41.8 Å². The summed E-state index contributed by atoms with van der Waals surface area (Å²) in [6.07, 6.45) is 0.194. The molecule has 0 bridgehead atoms. The summed E-state index contributed by atoms with van der Waals surface area (Å²) in [6, 6.07) is 10.0. The Kier molecular flexibility index (Phi) is 6.19. The van der Waals surface area contributed by atoms with Crippen molar-refractivity contribution in [1.29, 1.82) is 0 Å². The molecule has 31 heavy (non-hydrogen) atoms. The Morgan fingerprint density at radius 1 is 1.10 bits per heavy atom. The zero-order chi connectivity index (χ0) is 22.6. The van der Waals surface area contributed by atoms with Crippen LogP contribution in [0.5, 0.6) is 5.75 Å². The quantitative estimate of drug-likeness (QED) is 0.611. The Balaban J connectivity index is 1.65. The molecule has 1 aliphatic heterocycles. The SMILES string of the molecule is CCC1(c2ccc(F)cc2)NC(=O)N(CC(=O)NC(=O)Nc2ccc(OC)cc2)C1=O. The number of hydrogen-bond donors (Lipinski definition) is 3. The Morgan fingerprint density at radius 2 is 1.74 bits per heavy atom. The maximum Gasteiger partial charge on any atom is 0.325 e. The highest BCUT2D eigenvalue weighted by atomic mass is 19.1. The number of carbonyl (C=O) groups is 4. The van der Waals surface area contributed by atoms with Crippen LogP contribution in [0.15, 0.2) is 48.5 Å². The van der Waals surface area contributed by atoms with E-state index in [0.29, 0.717) is 17.0 Å². The molecular weight excluding hydrogens is 407 g/mol.